The fourth-order valence-electron chi connectivity index (χ4n) is 4.45. The monoisotopic (exact) mass is 265 g/mol. The molecule has 0 N–H and O–H groups in total. The highest BCUT2D eigenvalue weighted by molar-refractivity contribution is 5.26. The summed E-state index contributed by atoms with van der Waals surface area (Å²) >= 11 is 0. The second kappa shape index (κ2) is 5.12. The molecule has 3 aliphatic rings. The van der Waals surface area contributed by atoms with Gasteiger partial charge in [-0.1, -0.05) is 42.5 Å². The highest BCUT2D eigenvalue weighted by Gasteiger charge is 2.41. The zero-order valence-corrected chi connectivity index (χ0v) is 12.0. The Hall–Kier alpha value is -1.50. The second-order valence-electron chi connectivity index (χ2n) is 6.62. The van der Waals surface area contributed by atoms with Crippen LogP contribution in [0, 0.1) is 17.8 Å². The first-order valence-corrected chi connectivity index (χ1v) is 8.06. The Bertz CT molecular complexity index is 514. The summed E-state index contributed by atoms with van der Waals surface area (Å²) in [5, 5.41) is 0. The molecule has 0 radical (unpaired) electrons. The number of nitrogens with zero attached hydrogens (tertiary/aromatic N) is 1. The van der Waals surface area contributed by atoms with Crippen molar-refractivity contribution in [2.45, 2.75) is 25.7 Å². The van der Waals surface area contributed by atoms with Gasteiger partial charge in [-0.15, -0.1) is 0 Å². The van der Waals surface area contributed by atoms with Crippen molar-refractivity contribution in [3.8, 4) is 0 Å². The minimum atomic E-state index is 0.906. The maximum absolute atomic E-state index is 2.65. The first-order valence-electron chi connectivity index (χ1n) is 8.06. The van der Waals surface area contributed by atoms with Crippen molar-refractivity contribution < 1.29 is 0 Å². The summed E-state index contributed by atoms with van der Waals surface area (Å²) in [6.07, 6.45) is 12.3. The Morgan fingerprint density at radius 3 is 2.40 bits per heavy atom. The van der Waals surface area contributed by atoms with E-state index >= 15 is 0 Å². The van der Waals surface area contributed by atoms with E-state index in [1.54, 1.807) is 0 Å². The molecule has 2 aliphatic carbocycles. The van der Waals surface area contributed by atoms with Gasteiger partial charge in [0.05, 0.1) is 0 Å². The van der Waals surface area contributed by atoms with Crippen LogP contribution in [0.1, 0.15) is 24.8 Å². The van der Waals surface area contributed by atoms with E-state index in [9.17, 15) is 0 Å². The van der Waals surface area contributed by atoms with Crippen LogP contribution < -0.4 is 0 Å². The summed E-state index contributed by atoms with van der Waals surface area (Å²) in [7, 11) is 0. The molecule has 1 saturated heterocycles. The molecule has 4 rings (SSSR count). The van der Waals surface area contributed by atoms with E-state index in [4.69, 9.17) is 0 Å². The molecule has 1 aromatic carbocycles. The molecule has 1 aromatic rings. The minimum Gasteiger partial charge on any atom is -0.371 e. The SMILES string of the molecule is C1=CC(N2C[C@H]3CC[C@@H](C2)C3Cc2ccccc2)=CC1. The smallest absolute Gasteiger partial charge is 0.0325 e. The molecular formula is C19H23N. The van der Waals surface area contributed by atoms with E-state index in [1.165, 1.54) is 43.6 Å². The standard InChI is InChI=1S/C19H23N/c1-2-6-15(7-3-1)12-19-16-10-11-17(19)14-20(13-16)18-8-4-5-9-18/h1-4,6-9,16-17,19H,5,10-14H2/t16-,17+,19?. The number of likely N-dealkylation sites (tertiary alicyclic amines) is 1. The van der Waals surface area contributed by atoms with Crippen molar-refractivity contribution in [2.75, 3.05) is 13.1 Å². The van der Waals surface area contributed by atoms with Crippen LogP contribution in [0.2, 0.25) is 0 Å². The Labute approximate surface area is 122 Å². The van der Waals surface area contributed by atoms with Gasteiger partial charge in [0, 0.05) is 18.8 Å². The molecule has 1 heterocycles. The predicted octanol–water partition coefficient (Wildman–Crippen LogP) is 4.03. The molecule has 0 aromatic heterocycles. The summed E-state index contributed by atoms with van der Waals surface area (Å²) < 4.78 is 0. The molecule has 1 heteroatoms. The molecule has 1 unspecified atom stereocenters. The lowest BCUT2D eigenvalue weighted by atomic mass is 9.80. The van der Waals surface area contributed by atoms with Gasteiger partial charge < -0.3 is 4.90 Å². The van der Waals surface area contributed by atoms with Crippen LogP contribution in [0.4, 0.5) is 0 Å². The summed E-state index contributed by atoms with van der Waals surface area (Å²) in [4.78, 5) is 2.65. The van der Waals surface area contributed by atoms with Crippen molar-refractivity contribution in [1.82, 2.24) is 4.90 Å². The molecule has 0 spiro atoms. The first kappa shape index (κ1) is 12.3. The average molecular weight is 265 g/mol. The molecule has 0 amide bonds. The number of hydrogen-bond donors (Lipinski definition) is 0. The number of fused-ring (bicyclic) bond motifs is 2. The van der Waals surface area contributed by atoms with Gasteiger partial charge in [0.1, 0.15) is 0 Å². The molecule has 1 saturated carbocycles. The van der Waals surface area contributed by atoms with Gasteiger partial charge in [0.2, 0.25) is 0 Å². The summed E-state index contributed by atoms with van der Waals surface area (Å²) in [6.45, 7) is 2.56. The van der Waals surface area contributed by atoms with Gasteiger partial charge in [0.25, 0.3) is 0 Å². The second-order valence-corrected chi connectivity index (χ2v) is 6.62. The minimum absolute atomic E-state index is 0.906. The molecule has 1 aliphatic heterocycles. The van der Waals surface area contributed by atoms with Crippen molar-refractivity contribution in [3.63, 3.8) is 0 Å². The van der Waals surface area contributed by atoms with E-state index in [0.717, 1.165) is 24.2 Å². The number of hydrogen-bond acceptors (Lipinski definition) is 1. The predicted molar refractivity (Wildman–Crippen MR) is 83.3 cm³/mol. The lowest BCUT2D eigenvalue weighted by Crippen LogP contribution is -2.41. The lowest BCUT2D eigenvalue weighted by molar-refractivity contribution is 0.142. The first-order chi connectivity index (χ1) is 9.90. The highest BCUT2D eigenvalue weighted by Crippen LogP contribution is 2.44. The lowest BCUT2D eigenvalue weighted by Gasteiger charge is -2.39. The number of piperidine rings is 1. The number of allylic oxidation sites excluding steroid dienone is 3. The van der Waals surface area contributed by atoms with Gasteiger partial charge in [-0.25, -0.2) is 0 Å². The molecule has 2 fully saturated rings. The van der Waals surface area contributed by atoms with Gasteiger partial charge in [-0.2, -0.15) is 0 Å². The van der Waals surface area contributed by atoms with Crippen LogP contribution in [0.25, 0.3) is 0 Å². The van der Waals surface area contributed by atoms with Gasteiger partial charge in [0.15, 0.2) is 0 Å². The maximum Gasteiger partial charge on any atom is 0.0325 e. The van der Waals surface area contributed by atoms with Gasteiger partial charge in [-0.3, -0.25) is 0 Å². The quantitative estimate of drug-likeness (QED) is 0.797. The molecular weight excluding hydrogens is 242 g/mol. The Balaban J connectivity index is 1.48. The fraction of sp³-hybridized carbons (Fsp3) is 0.474. The Morgan fingerprint density at radius 2 is 1.75 bits per heavy atom. The van der Waals surface area contributed by atoms with E-state index in [0.29, 0.717) is 0 Å². The van der Waals surface area contributed by atoms with Crippen LogP contribution in [-0.4, -0.2) is 18.0 Å². The Morgan fingerprint density at radius 1 is 1.00 bits per heavy atom. The van der Waals surface area contributed by atoms with E-state index in [1.807, 2.05) is 0 Å². The largest absolute Gasteiger partial charge is 0.371 e. The molecule has 3 atom stereocenters. The van der Waals surface area contributed by atoms with Gasteiger partial charge >= 0.3 is 0 Å². The molecule has 20 heavy (non-hydrogen) atoms. The molecule has 104 valence electrons. The fourth-order valence-corrected chi connectivity index (χ4v) is 4.45. The average Bonchev–Trinajstić information content (AvgIpc) is 3.08. The third-order valence-electron chi connectivity index (χ3n) is 5.46. The topological polar surface area (TPSA) is 3.24 Å². The third kappa shape index (κ3) is 2.19. The van der Waals surface area contributed by atoms with E-state index in [2.05, 4.69) is 53.5 Å². The zero-order chi connectivity index (χ0) is 13.4. The van der Waals surface area contributed by atoms with Crippen LogP contribution in [0.5, 0.6) is 0 Å². The summed E-state index contributed by atoms with van der Waals surface area (Å²) in [5.74, 6) is 2.73. The van der Waals surface area contributed by atoms with Crippen LogP contribution in [0.15, 0.2) is 54.3 Å². The van der Waals surface area contributed by atoms with Crippen molar-refractivity contribution >= 4 is 0 Å². The van der Waals surface area contributed by atoms with E-state index < -0.39 is 0 Å². The highest BCUT2D eigenvalue weighted by atomic mass is 15.2. The number of rotatable bonds is 3. The van der Waals surface area contributed by atoms with Crippen molar-refractivity contribution in [3.05, 3.63) is 59.8 Å². The molecule has 1 nitrogen and oxygen atoms in total. The van der Waals surface area contributed by atoms with Crippen LogP contribution in [-0.2, 0) is 6.42 Å². The number of benzene rings is 1. The zero-order valence-electron chi connectivity index (χ0n) is 12.0. The van der Waals surface area contributed by atoms with Crippen LogP contribution >= 0.6 is 0 Å². The van der Waals surface area contributed by atoms with Crippen molar-refractivity contribution in [1.29, 1.82) is 0 Å². The van der Waals surface area contributed by atoms with Gasteiger partial charge in [-0.05, 0) is 55.1 Å². The maximum atomic E-state index is 2.65. The normalized spacial score (nSPS) is 31.7. The Kier molecular flexibility index (Phi) is 3.14. The molecule has 2 bridgehead atoms. The van der Waals surface area contributed by atoms with E-state index in [-0.39, 0.29) is 0 Å². The van der Waals surface area contributed by atoms with Crippen molar-refractivity contribution in [2.24, 2.45) is 17.8 Å². The third-order valence-corrected chi connectivity index (χ3v) is 5.46. The summed E-state index contributed by atoms with van der Waals surface area (Å²) in [5.41, 5.74) is 3.02. The van der Waals surface area contributed by atoms with Crippen LogP contribution in [0.3, 0.4) is 0 Å². The summed E-state index contributed by atoms with van der Waals surface area (Å²) in [6, 6.07) is 11.1.